The fourth-order valence-corrected chi connectivity index (χ4v) is 1.22. The van der Waals surface area contributed by atoms with Crippen LogP contribution in [0.5, 0.6) is 0 Å². The highest BCUT2D eigenvalue weighted by molar-refractivity contribution is 4.86. The third kappa shape index (κ3) is 2.66. The molecular weight excluding hydrogens is 167 g/mol. The Balaban J connectivity index is 2.29. The van der Waals surface area contributed by atoms with Gasteiger partial charge >= 0.3 is 6.18 Å². The summed E-state index contributed by atoms with van der Waals surface area (Å²) in [5.41, 5.74) is 0. The molecule has 0 aliphatic heterocycles. The van der Waals surface area contributed by atoms with E-state index in [1.165, 1.54) is 6.92 Å². The van der Waals surface area contributed by atoms with Crippen LogP contribution in [0.15, 0.2) is 0 Å². The van der Waals surface area contributed by atoms with Crippen LogP contribution in [0, 0.1) is 5.92 Å². The number of nitrogens with one attached hydrogen (secondary N) is 1. The van der Waals surface area contributed by atoms with Gasteiger partial charge in [-0.15, -0.1) is 0 Å². The van der Waals surface area contributed by atoms with Gasteiger partial charge in [-0.2, -0.15) is 13.2 Å². The number of hydrogen-bond donors (Lipinski definition) is 1. The van der Waals surface area contributed by atoms with Gasteiger partial charge in [0.25, 0.3) is 0 Å². The summed E-state index contributed by atoms with van der Waals surface area (Å²) >= 11 is 0. The van der Waals surface area contributed by atoms with Gasteiger partial charge in [-0.05, 0) is 32.6 Å². The van der Waals surface area contributed by atoms with Crippen molar-refractivity contribution in [3.63, 3.8) is 0 Å². The van der Waals surface area contributed by atoms with Crippen molar-refractivity contribution >= 4 is 0 Å². The van der Waals surface area contributed by atoms with E-state index in [0.717, 1.165) is 12.8 Å². The highest BCUT2D eigenvalue weighted by atomic mass is 19.4. The van der Waals surface area contributed by atoms with Crippen LogP contribution in [-0.4, -0.2) is 18.3 Å². The summed E-state index contributed by atoms with van der Waals surface area (Å²) in [7, 11) is 0. The van der Waals surface area contributed by atoms with Gasteiger partial charge in [0.15, 0.2) is 0 Å². The molecule has 1 rings (SSSR count). The Morgan fingerprint density at radius 3 is 2.08 bits per heavy atom. The minimum atomic E-state index is -4.11. The average molecular weight is 181 g/mol. The quantitative estimate of drug-likeness (QED) is 0.704. The maximum Gasteiger partial charge on any atom is 0.403 e. The SMILES string of the molecule is C[C@@H](N[C@H](C)C(F)(F)F)C1CC1. The fraction of sp³-hybridized carbons (Fsp3) is 1.00. The molecule has 0 heterocycles. The molecule has 1 fully saturated rings. The zero-order valence-electron chi connectivity index (χ0n) is 7.28. The highest BCUT2D eigenvalue weighted by Gasteiger charge is 2.38. The molecule has 1 aliphatic carbocycles. The Morgan fingerprint density at radius 2 is 1.75 bits per heavy atom. The average Bonchev–Trinajstić information content (AvgIpc) is 2.65. The summed E-state index contributed by atoms with van der Waals surface area (Å²) < 4.78 is 36.1. The molecule has 1 N–H and O–H groups in total. The summed E-state index contributed by atoms with van der Waals surface area (Å²) in [5.74, 6) is 0.467. The third-order valence-corrected chi connectivity index (χ3v) is 2.33. The lowest BCUT2D eigenvalue weighted by Gasteiger charge is -2.21. The van der Waals surface area contributed by atoms with Crippen molar-refractivity contribution in [2.75, 3.05) is 0 Å². The van der Waals surface area contributed by atoms with Crippen LogP contribution in [0.3, 0.4) is 0 Å². The van der Waals surface area contributed by atoms with Crippen LogP contribution >= 0.6 is 0 Å². The first-order valence-electron chi connectivity index (χ1n) is 4.24. The molecule has 72 valence electrons. The molecule has 0 spiro atoms. The number of halogens is 3. The predicted octanol–water partition coefficient (Wildman–Crippen LogP) is 2.33. The van der Waals surface area contributed by atoms with E-state index in [1.54, 1.807) is 0 Å². The molecule has 1 aliphatic rings. The van der Waals surface area contributed by atoms with Gasteiger partial charge in [-0.3, -0.25) is 0 Å². The molecule has 2 atom stereocenters. The van der Waals surface area contributed by atoms with Gasteiger partial charge in [0, 0.05) is 6.04 Å². The van der Waals surface area contributed by atoms with Gasteiger partial charge in [-0.1, -0.05) is 0 Å². The molecule has 0 saturated heterocycles. The van der Waals surface area contributed by atoms with Crippen LogP contribution in [0.1, 0.15) is 26.7 Å². The molecule has 1 saturated carbocycles. The Bertz CT molecular complexity index is 151. The van der Waals surface area contributed by atoms with Crippen molar-refractivity contribution in [1.82, 2.24) is 5.32 Å². The molecule has 0 aromatic rings. The maximum absolute atomic E-state index is 12.0. The molecule has 12 heavy (non-hydrogen) atoms. The zero-order chi connectivity index (χ0) is 9.35. The van der Waals surface area contributed by atoms with Gasteiger partial charge in [-0.25, -0.2) is 0 Å². The Kier molecular flexibility index (Phi) is 2.66. The molecule has 0 unspecified atom stereocenters. The first kappa shape index (κ1) is 9.84. The second-order valence-electron chi connectivity index (χ2n) is 3.56. The smallest absolute Gasteiger partial charge is 0.304 e. The van der Waals surface area contributed by atoms with E-state index >= 15 is 0 Å². The van der Waals surface area contributed by atoms with Crippen LogP contribution in [-0.2, 0) is 0 Å². The monoisotopic (exact) mass is 181 g/mol. The summed E-state index contributed by atoms with van der Waals surface area (Å²) in [6.07, 6.45) is -1.97. The summed E-state index contributed by atoms with van der Waals surface area (Å²) in [6.45, 7) is 2.98. The highest BCUT2D eigenvalue weighted by Crippen LogP contribution is 2.33. The molecule has 0 aromatic heterocycles. The van der Waals surface area contributed by atoms with E-state index in [4.69, 9.17) is 0 Å². The number of hydrogen-bond acceptors (Lipinski definition) is 1. The zero-order valence-corrected chi connectivity index (χ0v) is 7.28. The third-order valence-electron chi connectivity index (χ3n) is 2.33. The predicted molar refractivity (Wildman–Crippen MR) is 40.8 cm³/mol. The van der Waals surface area contributed by atoms with Crippen molar-refractivity contribution in [2.24, 2.45) is 5.92 Å². The molecule has 0 amide bonds. The second-order valence-corrected chi connectivity index (χ2v) is 3.56. The summed E-state index contributed by atoms with van der Waals surface area (Å²) in [6, 6.07) is -1.38. The van der Waals surface area contributed by atoms with Crippen LogP contribution in [0.25, 0.3) is 0 Å². The van der Waals surface area contributed by atoms with E-state index in [1.807, 2.05) is 6.92 Å². The molecule has 0 radical (unpaired) electrons. The first-order chi connectivity index (χ1) is 5.41. The van der Waals surface area contributed by atoms with Crippen molar-refractivity contribution in [2.45, 2.75) is 44.9 Å². The topological polar surface area (TPSA) is 12.0 Å². The molecule has 4 heteroatoms. The summed E-state index contributed by atoms with van der Waals surface area (Å²) in [5, 5.41) is 2.56. The van der Waals surface area contributed by atoms with Gasteiger partial charge < -0.3 is 5.32 Å². The van der Waals surface area contributed by atoms with E-state index in [0.29, 0.717) is 5.92 Å². The van der Waals surface area contributed by atoms with Crippen LogP contribution in [0.4, 0.5) is 13.2 Å². The van der Waals surface area contributed by atoms with Crippen molar-refractivity contribution in [1.29, 1.82) is 0 Å². The molecule has 0 bridgehead atoms. The van der Waals surface area contributed by atoms with Gasteiger partial charge in [0.1, 0.15) is 6.04 Å². The minimum absolute atomic E-state index is 0.00150. The fourth-order valence-electron chi connectivity index (χ4n) is 1.22. The van der Waals surface area contributed by atoms with Crippen molar-refractivity contribution < 1.29 is 13.2 Å². The Labute approximate surface area is 70.3 Å². The normalized spacial score (nSPS) is 23.8. The van der Waals surface area contributed by atoms with Gasteiger partial charge in [0.05, 0.1) is 0 Å². The molecule has 1 nitrogen and oxygen atoms in total. The molecular formula is C8H14F3N. The van der Waals surface area contributed by atoms with Crippen LogP contribution < -0.4 is 5.32 Å². The lowest BCUT2D eigenvalue weighted by Crippen LogP contribution is -2.45. The standard InChI is InChI=1S/C8H14F3N/c1-5(7-3-4-7)12-6(2)8(9,10)11/h5-7,12H,3-4H2,1-2H3/t5-,6-/m1/s1. The van der Waals surface area contributed by atoms with Crippen molar-refractivity contribution in [3.05, 3.63) is 0 Å². The Morgan fingerprint density at radius 1 is 1.25 bits per heavy atom. The number of alkyl halides is 3. The first-order valence-corrected chi connectivity index (χ1v) is 4.24. The number of rotatable bonds is 3. The largest absolute Gasteiger partial charge is 0.403 e. The van der Waals surface area contributed by atoms with Crippen molar-refractivity contribution in [3.8, 4) is 0 Å². The summed E-state index contributed by atoms with van der Waals surface area (Å²) in [4.78, 5) is 0. The van der Waals surface area contributed by atoms with E-state index < -0.39 is 12.2 Å². The van der Waals surface area contributed by atoms with E-state index in [2.05, 4.69) is 5.32 Å². The lowest BCUT2D eigenvalue weighted by molar-refractivity contribution is -0.153. The Hall–Kier alpha value is -0.250. The maximum atomic E-state index is 12.0. The van der Waals surface area contributed by atoms with Crippen LogP contribution in [0.2, 0.25) is 0 Å². The lowest BCUT2D eigenvalue weighted by atomic mass is 10.2. The minimum Gasteiger partial charge on any atom is -0.304 e. The van der Waals surface area contributed by atoms with E-state index in [-0.39, 0.29) is 6.04 Å². The van der Waals surface area contributed by atoms with Gasteiger partial charge in [0.2, 0.25) is 0 Å². The second kappa shape index (κ2) is 3.24. The van der Waals surface area contributed by atoms with E-state index in [9.17, 15) is 13.2 Å². The molecule has 0 aromatic carbocycles.